The number of benzene rings is 2. The van der Waals surface area contributed by atoms with Crippen LogP contribution in [0.4, 0.5) is 5.69 Å². The third-order valence-corrected chi connectivity index (χ3v) is 4.15. The maximum absolute atomic E-state index is 12.7. The maximum Gasteiger partial charge on any atom is 0.261 e. The molecule has 0 atom stereocenters. The van der Waals surface area contributed by atoms with Gasteiger partial charge in [0.05, 0.1) is 24.0 Å². The number of nitrogens with one attached hydrogen (secondary N) is 2. The number of anilines is 1. The van der Waals surface area contributed by atoms with Crippen LogP contribution in [0.1, 0.15) is 24.2 Å². The number of carbonyl (C=O) groups is 1. The van der Waals surface area contributed by atoms with E-state index in [1.165, 1.54) is 0 Å². The van der Waals surface area contributed by atoms with Gasteiger partial charge in [-0.25, -0.2) is 0 Å². The lowest BCUT2D eigenvalue weighted by molar-refractivity contribution is 0.0969. The smallest absolute Gasteiger partial charge is 0.261 e. The molecule has 28 heavy (non-hydrogen) atoms. The van der Waals surface area contributed by atoms with Crippen LogP contribution in [0.5, 0.6) is 11.5 Å². The molecule has 8 heteroatoms. The van der Waals surface area contributed by atoms with Gasteiger partial charge in [0.25, 0.3) is 5.91 Å². The monoisotopic (exact) mass is 466 g/mol. The Hall–Kier alpha value is -2.16. The van der Waals surface area contributed by atoms with Crippen LogP contribution in [0.15, 0.2) is 46.9 Å². The second-order valence-electron chi connectivity index (χ2n) is 6.05. The van der Waals surface area contributed by atoms with E-state index in [0.717, 1.165) is 4.47 Å². The number of hydrogen-bond donors (Lipinski definition) is 2. The number of amides is 1. The summed E-state index contributed by atoms with van der Waals surface area (Å²) in [4.78, 5) is 12.7. The first-order chi connectivity index (χ1) is 13.4. The Bertz CT molecular complexity index is 830. The van der Waals surface area contributed by atoms with Crippen LogP contribution in [0, 0.1) is 0 Å². The molecule has 0 aromatic heterocycles. The van der Waals surface area contributed by atoms with Gasteiger partial charge in [-0.05, 0) is 56.4 Å². The lowest BCUT2D eigenvalue weighted by atomic mass is 10.2. The molecule has 0 saturated carbocycles. The predicted molar refractivity (Wildman–Crippen MR) is 117 cm³/mol. The number of ether oxygens (including phenoxy) is 3. The van der Waals surface area contributed by atoms with Crippen molar-refractivity contribution in [1.82, 2.24) is 5.32 Å². The molecule has 2 rings (SSSR count). The van der Waals surface area contributed by atoms with Crippen LogP contribution in [-0.2, 0) is 4.74 Å². The van der Waals surface area contributed by atoms with Crippen molar-refractivity contribution in [2.45, 2.75) is 20.0 Å². The lowest BCUT2D eigenvalue weighted by Gasteiger charge is -2.17. The third-order valence-electron chi connectivity index (χ3n) is 3.46. The molecule has 0 bridgehead atoms. The van der Waals surface area contributed by atoms with Gasteiger partial charge in [0.1, 0.15) is 18.1 Å². The van der Waals surface area contributed by atoms with E-state index in [-0.39, 0.29) is 17.1 Å². The van der Waals surface area contributed by atoms with Crippen molar-refractivity contribution in [3.05, 3.63) is 52.5 Å². The van der Waals surface area contributed by atoms with Crippen LogP contribution >= 0.6 is 28.1 Å². The molecule has 1 amide bonds. The molecule has 2 aromatic rings. The molecule has 0 saturated heterocycles. The zero-order valence-electron chi connectivity index (χ0n) is 16.0. The van der Waals surface area contributed by atoms with E-state index >= 15 is 0 Å². The van der Waals surface area contributed by atoms with Crippen LogP contribution in [0.2, 0.25) is 0 Å². The molecule has 2 N–H and O–H groups in total. The number of rotatable bonds is 8. The molecule has 6 nitrogen and oxygen atoms in total. The van der Waals surface area contributed by atoms with Crippen molar-refractivity contribution in [3.63, 3.8) is 0 Å². The summed E-state index contributed by atoms with van der Waals surface area (Å²) < 4.78 is 17.1. The molecule has 150 valence electrons. The van der Waals surface area contributed by atoms with Crippen LogP contribution < -0.4 is 20.1 Å². The fourth-order valence-corrected chi connectivity index (χ4v) is 2.85. The van der Waals surface area contributed by atoms with Gasteiger partial charge in [-0.3, -0.25) is 10.1 Å². The highest BCUT2D eigenvalue weighted by molar-refractivity contribution is 9.10. The van der Waals surface area contributed by atoms with E-state index < -0.39 is 0 Å². The van der Waals surface area contributed by atoms with Gasteiger partial charge >= 0.3 is 0 Å². The quantitative estimate of drug-likeness (QED) is 0.444. The first-order valence-corrected chi connectivity index (χ1v) is 9.90. The Labute approximate surface area is 178 Å². The van der Waals surface area contributed by atoms with E-state index in [0.29, 0.717) is 36.0 Å². The van der Waals surface area contributed by atoms with Crippen LogP contribution in [0.25, 0.3) is 0 Å². The van der Waals surface area contributed by atoms with E-state index in [4.69, 9.17) is 26.4 Å². The summed E-state index contributed by atoms with van der Waals surface area (Å²) in [6.45, 7) is 4.63. The molecule has 2 aromatic carbocycles. The summed E-state index contributed by atoms with van der Waals surface area (Å²) >= 11 is 8.67. The highest BCUT2D eigenvalue weighted by atomic mass is 79.9. The molecular formula is C20H23BrN2O4S. The average molecular weight is 467 g/mol. The summed E-state index contributed by atoms with van der Waals surface area (Å²) in [6, 6.07) is 12.6. The van der Waals surface area contributed by atoms with Gasteiger partial charge in [-0.1, -0.05) is 28.1 Å². The summed E-state index contributed by atoms with van der Waals surface area (Å²) in [5.74, 6) is 0.720. The molecule has 0 unspecified atom stereocenters. The van der Waals surface area contributed by atoms with Gasteiger partial charge in [0.2, 0.25) is 0 Å². The van der Waals surface area contributed by atoms with Crippen molar-refractivity contribution < 1.29 is 19.0 Å². The fourth-order valence-electron chi connectivity index (χ4n) is 2.29. The Morgan fingerprint density at radius 3 is 2.61 bits per heavy atom. The fraction of sp³-hybridized carbons (Fsp3) is 0.300. The average Bonchev–Trinajstić information content (AvgIpc) is 2.64. The number of methoxy groups -OCH3 is 1. The second-order valence-corrected chi connectivity index (χ2v) is 7.38. The summed E-state index contributed by atoms with van der Waals surface area (Å²) in [5, 5.41) is 5.84. The number of carbonyl (C=O) groups excluding carboxylic acids is 1. The molecule has 0 aliphatic heterocycles. The topological polar surface area (TPSA) is 68.8 Å². The van der Waals surface area contributed by atoms with E-state index in [1.807, 2.05) is 38.1 Å². The van der Waals surface area contributed by atoms with Gasteiger partial charge in [-0.2, -0.15) is 0 Å². The molecule has 0 aliphatic carbocycles. The highest BCUT2D eigenvalue weighted by Gasteiger charge is 2.16. The largest absolute Gasteiger partial charge is 0.490 e. The number of thiocarbonyl (C=S) groups is 1. The van der Waals surface area contributed by atoms with Crippen molar-refractivity contribution >= 4 is 44.9 Å². The van der Waals surface area contributed by atoms with Crippen molar-refractivity contribution in [2.24, 2.45) is 0 Å². The number of hydrogen-bond acceptors (Lipinski definition) is 5. The van der Waals surface area contributed by atoms with Gasteiger partial charge in [0.15, 0.2) is 5.11 Å². The summed E-state index contributed by atoms with van der Waals surface area (Å²) in [6.07, 6.45) is 0.0135. The lowest BCUT2D eigenvalue weighted by Crippen LogP contribution is -2.34. The normalized spacial score (nSPS) is 10.5. The standard InChI is InChI=1S/C20H23BrN2O4S/c1-13(2)27-18-7-5-4-6-16(18)22-20(28)23-19(24)15-12-14(21)8-9-17(15)26-11-10-25-3/h4-9,12-13H,10-11H2,1-3H3,(H2,22,23,24,28). The van der Waals surface area contributed by atoms with E-state index in [1.54, 1.807) is 25.3 Å². The Morgan fingerprint density at radius 2 is 1.89 bits per heavy atom. The van der Waals surface area contributed by atoms with Gasteiger partial charge in [-0.15, -0.1) is 0 Å². The molecule has 0 fully saturated rings. The number of para-hydroxylation sites is 2. The van der Waals surface area contributed by atoms with E-state index in [2.05, 4.69) is 26.6 Å². The molecular weight excluding hydrogens is 444 g/mol. The molecule has 0 radical (unpaired) electrons. The molecule has 0 aliphatic rings. The summed E-state index contributed by atoms with van der Waals surface area (Å²) in [5.41, 5.74) is 1.04. The minimum Gasteiger partial charge on any atom is -0.490 e. The second kappa shape index (κ2) is 11.0. The van der Waals surface area contributed by atoms with Crippen molar-refractivity contribution in [2.75, 3.05) is 25.6 Å². The summed E-state index contributed by atoms with van der Waals surface area (Å²) in [7, 11) is 1.59. The van der Waals surface area contributed by atoms with Crippen molar-refractivity contribution in [1.29, 1.82) is 0 Å². The van der Waals surface area contributed by atoms with Crippen LogP contribution in [-0.4, -0.2) is 37.4 Å². The first-order valence-electron chi connectivity index (χ1n) is 8.70. The Kier molecular flexibility index (Phi) is 8.69. The van der Waals surface area contributed by atoms with Gasteiger partial charge in [0, 0.05) is 11.6 Å². The minimum absolute atomic E-state index is 0.0135. The van der Waals surface area contributed by atoms with Crippen molar-refractivity contribution in [3.8, 4) is 11.5 Å². The first kappa shape index (κ1) is 22.1. The molecule has 0 spiro atoms. The van der Waals surface area contributed by atoms with E-state index in [9.17, 15) is 4.79 Å². The minimum atomic E-state index is -0.381. The highest BCUT2D eigenvalue weighted by Crippen LogP contribution is 2.25. The number of halogens is 1. The third kappa shape index (κ3) is 6.78. The SMILES string of the molecule is COCCOc1ccc(Br)cc1C(=O)NC(=S)Nc1ccccc1OC(C)C. The van der Waals surface area contributed by atoms with Crippen LogP contribution in [0.3, 0.4) is 0 Å². The zero-order valence-corrected chi connectivity index (χ0v) is 18.4. The Balaban J connectivity index is 2.09. The maximum atomic E-state index is 12.7. The Morgan fingerprint density at radius 1 is 1.14 bits per heavy atom. The predicted octanol–water partition coefficient (Wildman–Crippen LogP) is 4.39. The zero-order chi connectivity index (χ0) is 20.5. The molecule has 0 heterocycles. The van der Waals surface area contributed by atoms with Gasteiger partial charge < -0.3 is 19.5 Å².